The highest BCUT2D eigenvalue weighted by molar-refractivity contribution is 5.97. The van der Waals surface area contributed by atoms with E-state index in [0.717, 1.165) is 37.3 Å². The number of anilines is 1. The molecule has 0 radical (unpaired) electrons. The van der Waals surface area contributed by atoms with Crippen molar-refractivity contribution in [2.24, 2.45) is 5.92 Å². The van der Waals surface area contributed by atoms with Crippen LogP contribution in [0.15, 0.2) is 48.9 Å². The Hall–Kier alpha value is -3.73. The van der Waals surface area contributed by atoms with Gasteiger partial charge >= 0.3 is 0 Å². The van der Waals surface area contributed by atoms with Crippen LogP contribution in [0.5, 0.6) is 0 Å². The maximum absolute atomic E-state index is 13.5. The quantitative estimate of drug-likeness (QED) is 0.655. The second-order valence-corrected chi connectivity index (χ2v) is 8.10. The van der Waals surface area contributed by atoms with Gasteiger partial charge in [0.25, 0.3) is 5.91 Å². The van der Waals surface area contributed by atoms with Gasteiger partial charge in [-0.3, -0.25) is 4.79 Å². The van der Waals surface area contributed by atoms with Crippen LogP contribution in [-0.4, -0.2) is 56.5 Å². The van der Waals surface area contributed by atoms with Crippen LogP contribution < -0.4 is 4.90 Å². The molecule has 156 valence electrons. The van der Waals surface area contributed by atoms with Crippen LogP contribution >= 0.6 is 0 Å². The number of para-hydroxylation sites is 1. The van der Waals surface area contributed by atoms with E-state index >= 15 is 0 Å². The maximum Gasteiger partial charge on any atom is 0.256 e. The Morgan fingerprint density at radius 1 is 1.10 bits per heavy atom. The number of aromatic nitrogens is 4. The molecule has 8 nitrogen and oxygen atoms in total. The monoisotopic (exact) mass is 413 g/mol. The van der Waals surface area contributed by atoms with Crippen molar-refractivity contribution in [1.82, 2.24) is 24.9 Å². The van der Waals surface area contributed by atoms with Gasteiger partial charge in [0.2, 0.25) is 0 Å². The van der Waals surface area contributed by atoms with Gasteiger partial charge in [-0.05, 0) is 43.9 Å². The molecule has 0 aliphatic carbocycles. The number of nitrogens with zero attached hydrogens (tertiary/aromatic N) is 7. The van der Waals surface area contributed by atoms with Gasteiger partial charge in [-0.1, -0.05) is 12.1 Å². The van der Waals surface area contributed by atoms with Crippen molar-refractivity contribution < 1.29 is 4.79 Å². The predicted octanol–water partition coefficient (Wildman–Crippen LogP) is 2.58. The summed E-state index contributed by atoms with van der Waals surface area (Å²) in [4.78, 5) is 23.8. The Balaban J connectivity index is 1.42. The molecule has 1 amide bonds. The van der Waals surface area contributed by atoms with Crippen molar-refractivity contribution >= 4 is 11.7 Å². The lowest BCUT2D eigenvalue weighted by Crippen LogP contribution is -2.50. The summed E-state index contributed by atoms with van der Waals surface area (Å²) in [5.41, 5.74) is 2.84. The largest absolute Gasteiger partial charge is 0.351 e. The number of pyridine rings is 1. The van der Waals surface area contributed by atoms with Crippen molar-refractivity contribution in [3.05, 3.63) is 65.6 Å². The second kappa shape index (κ2) is 7.84. The number of nitriles is 1. The average Bonchev–Trinajstić information content (AvgIpc) is 3.49. The Labute approximate surface area is 180 Å². The molecule has 2 saturated heterocycles. The number of piperidine rings is 1. The van der Waals surface area contributed by atoms with E-state index < -0.39 is 0 Å². The maximum atomic E-state index is 13.5. The summed E-state index contributed by atoms with van der Waals surface area (Å²) in [6, 6.07) is 11.7. The number of hydrogen-bond donors (Lipinski definition) is 0. The van der Waals surface area contributed by atoms with E-state index in [2.05, 4.69) is 26.2 Å². The first-order valence-corrected chi connectivity index (χ1v) is 10.5. The van der Waals surface area contributed by atoms with Gasteiger partial charge in [-0.25, -0.2) is 4.98 Å². The first-order valence-electron chi connectivity index (χ1n) is 10.5. The number of carbonyl (C=O) groups excluding carboxylic acids is 1. The van der Waals surface area contributed by atoms with Gasteiger partial charge in [0.05, 0.1) is 41.3 Å². The molecule has 0 spiro atoms. The summed E-state index contributed by atoms with van der Waals surface area (Å²) in [7, 11) is 0. The summed E-state index contributed by atoms with van der Waals surface area (Å²) >= 11 is 0. The number of carbonyl (C=O) groups is 1. The van der Waals surface area contributed by atoms with Crippen molar-refractivity contribution in [3.63, 3.8) is 0 Å². The molecule has 0 unspecified atom stereocenters. The minimum absolute atomic E-state index is 0.00587. The van der Waals surface area contributed by atoms with Crippen LogP contribution in [0.4, 0.5) is 5.82 Å². The summed E-state index contributed by atoms with van der Waals surface area (Å²) in [6.45, 7) is 4.22. The fraction of sp³-hybridized carbons (Fsp3) is 0.348. The highest BCUT2D eigenvalue weighted by Crippen LogP contribution is 2.36. The highest BCUT2D eigenvalue weighted by Gasteiger charge is 2.41. The molecule has 2 aliphatic rings. The topological polar surface area (TPSA) is 90.9 Å². The van der Waals surface area contributed by atoms with Crippen LogP contribution in [0, 0.1) is 24.2 Å². The molecule has 0 N–H and O–H groups in total. The third-order valence-electron chi connectivity index (χ3n) is 6.49. The number of amides is 1. The van der Waals surface area contributed by atoms with Crippen LogP contribution in [-0.2, 0) is 0 Å². The highest BCUT2D eigenvalue weighted by atomic mass is 16.2. The first kappa shape index (κ1) is 19.2. The molecule has 8 heteroatoms. The van der Waals surface area contributed by atoms with E-state index in [4.69, 9.17) is 0 Å². The summed E-state index contributed by atoms with van der Waals surface area (Å²) < 4.78 is 0. The second-order valence-electron chi connectivity index (χ2n) is 8.10. The molecule has 2 aromatic heterocycles. The number of rotatable bonds is 3. The average molecular weight is 413 g/mol. The van der Waals surface area contributed by atoms with E-state index in [1.165, 1.54) is 4.80 Å². The molecule has 2 aliphatic heterocycles. The number of benzene rings is 1. The zero-order valence-electron chi connectivity index (χ0n) is 17.3. The van der Waals surface area contributed by atoms with Gasteiger partial charge in [-0.2, -0.15) is 20.3 Å². The molecule has 5 rings (SSSR count). The van der Waals surface area contributed by atoms with E-state index in [0.29, 0.717) is 29.3 Å². The Kier molecular flexibility index (Phi) is 4.86. The van der Waals surface area contributed by atoms with Gasteiger partial charge in [0.15, 0.2) is 0 Å². The van der Waals surface area contributed by atoms with Gasteiger partial charge in [-0.15, -0.1) is 0 Å². The molecule has 2 atom stereocenters. The lowest BCUT2D eigenvalue weighted by Gasteiger charge is -2.39. The molecular weight excluding hydrogens is 390 g/mol. The standard InChI is InChI=1S/C23H23N7O/c1-16-18(14-24)6-9-25-22(16)29-13-8-17-7-12-28(15-21(17)29)23(31)19-4-2-3-5-20(19)30-26-10-11-27-30/h2-6,9-11,17,21H,7-8,12-13,15H2,1H3/t17-,21-/m0/s1. The Morgan fingerprint density at radius 2 is 1.87 bits per heavy atom. The molecule has 3 aromatic rings. The summed E-state index contributed by atoms with van der Waals surface area (Å²) in [6.07, 6.45) is 6.96. The molecule has 0 saturated carbocycles. The molecular formula is C23H23N7O. The van der Waals surface area contributed by atoms with E-state index in [9.17, 15) is 10.1 Å². The van der Waals surface area contributed by atoms with Crippen molar-refractivity contribution in [2.75, 3.05) is 24.5 Å². The predicted molar refractivity (Wildman–Crippen MR) is 115 cm³/mol. The third kappa shape index (κ3) is 3.32. The van der Waals surface area contributed by atoms with Crippen LogP contribution in [0.2, 0.25) is 0 Å². The number of hydrogen-bond acceptors (Lipinski definition) is 6. The number of likely N-dealkylation sites (tertiary alicyclic amines) is 1. The van der Waals surface area contributed by atoms with Crippen LogP contribution in [0.3, 0.4) is 0 Å². The van der Waals surface area contributed by atoms with E-state index in [1.54, 1.807) is 24.7 Å². The smallest absolute Gasteiger partial charge is 0.256 e. The Bertz CT molecular complexity index is 1150. The molecule has 2 fully saturated rings. The van der Waals surface area contributed by atoms with Crippen LogP contribution in [0.1, 0.15) is 34.3 Å². The fourth-order valence-corrected chi connectivity index (χ4v) is 4.86. The minimum Gasteiger partial charge on any atom is -0.351 e. The van der Waals surface area contributed by atoms with Gasteiger partial charge in [0, 0.05) is 31.4 Å². The Morgan fingerprint density at radius 3 is 2.68 bits per heavy atom. The van der Waals surface area contributed by atoms with Gasteiger partial charge < -0.3 is 9.80 Å². The van der Waals surface area contributed by atoms with Gasteiger partial charge in [0.1, 0.15) is 5.82 Å². The SMILES string of the molecule is Cc1c(C#N)ccnc1N1CC[C@@H]2CCN(C(=O)c3ccccc3-n3nccn3)C[C@@H]21. The fourth-order valence-electron chi connectivity index (χ4n) is 4.86. The van der Waals surface area contributed by atoms with E-state index in [1.807, 2.05) is 36.1 Å². The molecule has 0 bridgehead atoms. The zero-order chi connectivity index (χ0) is 21.4. The van der Waals surface area contributed by atoms with Crippen molar-refractivity contribution in [1.29, 1.82) is 5.26 Å². The van der Waals surface area contributed by atoms with E-state index in [-0.39, 0.29) is 11.9 Å². The summed E-state index contributed by atoms with van der Waals surface area (Å²) in [5.74, 6) is 1.38. The normalized spacial score (nSPS) is 20.4. The molecule has 4 heterocycles. The number of fused-ring (bicyclic) bond motifs is 1. The van der Waals surface area contributed by atoms with Crippen molar-refractivity contribution in [3.8, 4) is 11.8 Å². The zero-order valence-corrected chi connectivity index (χ0v) is 17.3. The molecule has 1 aromatic carbocycles. The minimum atomic E-state index is -0.00587. The lowest BCUT2D eigenvalue weighted by atomic mass is 9.91. The first-order chi connectivity index (χ1) is 15.2. The lowest BCUT2D eigenvalue weighted by molar-refractivity contribution is 0.0678. The molecule has 31 heavy (non-hydrogen) atoms. The summed E-state index contributed by atoms with van der Waals surface area (Å²) in [5, 5.41) is 17.8. The van der Waals surface area contributed by atoms with Crippen LogP contribution in [0.25, 0.3) is 5.69 Å². The third-order valence-corrected chi connectivity index (χ3v) is 6.49. The van der Waals surface area contributed by atoms with Crippen molar-refractivity contribution in [2.45, 2.75) is 25.8 Å².